The van der Waals surface area contributed by atoms with Gasteiger partial charge in [0, 0.05) is 61.6 Å². The average molecular weight is 673 g/mol. The van der Waals surface area contributed by atoms with Crippen LogP contribution in [0.1, 0.15) is 46.5 Å². The molecule has 0 saturated carbocycles. The number of carbonyl (C=O) groups excluding carboxylic acids is 3. The molecule has 2 fully saturated rings. The second kappa shape index (κ2) is 14.8. The molecular formula is C38H48N4O5S. The molecule has 1 spiro atoms. The van der Waals surface area contributed by atoms with Gasteiger partial charge in [-0.15, -0.1) is 11.8 Å². The third-order valence-electron chi connectivity index (χ3n) is 10.2. The number of aliphatic hydroxyl groups is 1. The van der Waals surface area contributed by atoms with Crippen molar-refractivity contribution in [3.63, 3.8) is 0 Å². The topological polar surface area (TPSA) is 93.6 Å². The lowest BCUT2D eigenvalue weighted by Gasteiger charge is -2.35. The summed E-state index contributed by atoms with van der Waals surface area (Å²) < 4.78 is 4.76. The lowest BCUT2D eigenvalue weighted by Crippen LogP contribution is -2.53. The van der Waals surface area contributed by atoms with E-state index in [1.54, 1.807) is 26.5 Å². The second-order valence-electron chi connectivity index (χ2n) is 12.9. The number of benzene rings is 2. The van der Waals surface area contributed by atoms with E-state index in [1.807, 2.05) is 55.5 Å². The summed E-state index contributed by atoms with van der Waals surface area (Å²) in [6.45, 7) is 9.92. The van der Waals surface area contributed by atoms with Gasteiger partial charge in [-0.05, 0) is 82.1 Å². The van der Waals surface area contributed by atoms with E-state index in [0.29, 0.717) is 32.7 Å². The van der Waals surface area contributed by atoms with Crippen molar-refractivity contribution in [3.8, 4) is 5.75 Å². The van der Waals surface area contributed by atoms with Gasteiger partial charge in [-0.1, -0.05) is 37.1 Å². The molecule has 3 amide bonds. The normalized spacial score (nSPS) is 26.3. The average Bonchev–Trinajstić information content (AvgIpc) is 3.40. The summed E-state index contributed by atoms with van der Waals surface area (Å²) in [6.07, 6.45) is 11.3. The molecule has 4 heterocycles. The number of hydrogen-bond acceptors (Lipinski definition) is 7. The summed E-state index contributed by atoms with van der Waals surface area (Å²) in [5.41, 5.74) is 2.66. The fourth-order valence-corrected chi connectivity index (χ4v) is 9.92. The number of anilines is 3. The van der Waals surface area contributed by atoms with Crippen molar-refractivity contribution in [3.05, 3.63) is 72.8 Å². The first-order valence-corrected chi connectivity index (χ1v) is 18.4. The molecular weight excluding hydrogens is 625 g/mol. The van der Waals surface area contributed by atoms with Crippen LogP contribution in [0, 0.1) is 11.8 Å². The van der Waals surface area contributed by atoms with Crippen LogP contribution in [0.25, 0.3) is 0 Å². The Hall–Kier alpha value is -3.76. The largest absolute Gasteiger partial charge is 0.494 e. The van der Waals surface area contributed by atoms with Crippen LogP contribution in [0.2, 0.25) is 0 Å². The molecule has 48 heavy (non-hydrogen) atoms. The summed E-state index contributed by atoms with van der Waals surface area (Å²) in [7, 11) is 0. The van der Waals surface area contributed by atoms with Gasteiger partial charge >= 0.3 is 0 Å². The minimum atomic E-state index is -0.869. The zero-order chi connectivity index (χ0) is 33.8. The van der Waals surface area contributed by atoms with Gasteiger partial charge < -0.3 is 29.4 Å². The molecule has 0 aliphatic carbocycles. The van der Waals surface area contributed by atoms with Crippen molar-refractivity contribution in [1.82, 2.24) is 4.90 Å². The van der Waals surface area contributed by atoms with Crippen molar-refractivity contribution in [2.45, 2.75) is 62.5 Å². The predicted molar refractivity (Wildman–Crippen MR) is 193 cm³/mol. The Morgan fingerprint density at radius 3 is 2.15 bits per heavy atom. The van der Waals surface area contributed by atoms with Crippen molar-refractivity contribution in [2.24, 2.45) is 11.8 Å². The van der Waals surface area contributed by atoms with Crippen molar-refractivity contribution >= 4 is 46.5 Å². The number of amides is 3. The SMILES string of the molecule is CCOc1ccc(N2CC=C[C@@H]3S[C@]45C=CCN(c6ccc(N(CC)CC)cc6)C(=O)C4N(CCCCCCO)C(=O)[C@@H]5[C@@H]3C2=O)cc1. The van der Waals surface area contributed by atoms with Gasteiger partial charge in [-0.3, -0.25) is 14.4 Å². The van der Waals surface area contributed by atoms with Gasteiger partial charge in [0.1, 0.15) is 11.8 Å². The van der Waals surface area contributed by atoms with Crippen LogP contribution >= 0.6 is 11.8 Å². The van der Waals surface area contributed by atoms with Crippen molar-refractivity contribution in [2.75, 3.05) is 60.6 Å². The first-order chi connectivity index (χ1) is 23.4. The molecule has 2 aromatic rings. The van der Waals surface area contributed by atoms with Crippen molar-refractivity contribution in [1.29, 1.82) is 0 Å². The predicted octanol–water partition coefficient (Wildman–Crippen LogP) is 5.29. The summed E-state index contributed by atoms with van der Waals surface area (Å²) in [4.78, 5) is 51.7. The number of hydrogen-bond donors (Lipinski definition) is 1. The van der Waals surface area contributed by atoms with Gasteiger partial charge in [0.15, 0.2) is 0 Å². The fraction of sp³-hybridized carbons (Fsp3) is 0.500. The van der Waals surface area contributed by atoms with Gasteiger partial charge in [0.2, 0.25) is 11.8 Å². The lowest BCUT2D eigenvalue weighted by atomic mass is 9.78. The first-order valence-electron chi connectivity index (χ1n) is 17.5. The standard InChI is InChI=1S/C38H48N4O5S/c1-4-39(5-2)27-14-16-28(17-15-27)41-25-12-22-38-33(36(45)42(34(38)37(41)46)23-9-7-8-10-26-43)32-31(48-38)13-11-24-40(35(32)44)29-18-20-30(21-19-29)47-6-3/h11-22,31-34,43H,4-10,23-26H2,1-3H3/t31-,32+,33-,34?,38-/m0/s1. The first kappa shape index (κ1) is 34.1. The van der Waals surface area contributed by atoms with E-state index in [2.05, 4.69) is 43.0 Å². The van der Waals surface area contributed by atoms with Gasteiger partial charge in [-0.25, -0.2) is 0 Å². The lowest BCUT2D eigenvalue weighted by molar-refractivity contribution is -0.138. The van der Waals surface area contributed by atoms with E-state index >= 15 is 0 Å². The summed E-state index contributed by atoms with van der Waals surface area (Å²) in [6, 6.07) is 14.9. The van der Waals surface area contributed by atoms with E-state index < -0.39 is 22.6 Å². The Morgan fingerprint density at radius 1 is 0.833 bits per heavy atom. The summed E-state index contributed by atoms with van der Waals surface area (Å²) in [5.74, 6) is -0.841. The van der Waals surface area contributed by atoms with E-state index in [-0.39, 0.29) is 29.6 Å². The van der Waals surface area contributed by atoms with Crippen molar-refractivity contribution < 1.29 is 24.2 Å². The Balaban J connectivity index is 1.34. The van der Waals surface area contributed by atoms with Crippen LogP contribution in [0.4, 0.5) is 17.1 Å². The van der Waals surface area contributed by atoms with Gasteiger partial charge in [0.25, 0.3) is 5.91 Å². The zero-order valence-corrected chi connectivity index (χ0v) is 29.1. The smallest absolute Gasteiger partial charge is 0.251 e. The minimum absolute atomic E-state index is 0.0885. The van der Waals surface area contributed by atoms with Crippen LogP contribution in [0.3, 0.4) is 0 Å². The molecule has 0 aromatic heterocycles. The maximum atomic E-state index is 14.8. The van der Waals surface area contributed by atoms with Crippen LogP contribution in [0.15, 0.2) is 72.8 Å². The van der Waals surface area contributed by atoms with E-state index in [4.69, 9.17) is 4.74 Å². The molecule has 1 N–H and O–H groups in total. The highest BCUT2D eigenvalue weighted by Gasteiger charge is 2.71. The van der Waals surface area contributed by atoms with Gasteiger partial charge in [-0.2, -0.15) is 0 Å². The highest BCUT2D eigenvalue weighted by molar-refractivity contribution is 8.02. The zero-order valence-electron chi connectivity index (χ0n) is 28.3. The highest BCUT2D eigenvalue weighted by atomic mass is 32.2. The van der Waals surface area contributed by atoms with E-state index in [1.165, 1.54) is 0 Å². The molecule has 0 radical (unpaired) electrons. The Labute approximate surface area is 288 Å². The number of thioether (sulfide) groups is 1. The number of carbonyl (C=O) groups is 3. The minimum Gasteiger partial charge on any atom is -0.494 e. The van der Waals surface area contributed by atoms with Crippen LogP contribution in [0.5, 0.6) is 5.75 Å². The van der Waals surface area contributed by atoms with Gasteiger partial charge in [0.05, 0.1) is 23.2 Å². The molecule has 2 saturated heterocycles. The van der Waals surface area contributed by atoms with E-state index in [9.17, 15) is 19.5 Å². The third kappa shape index (κ3) is 6.13. The number of aliphatic hydroxyl groups excluding tert-OH is 1. The number of ether oxygens (including phenoxy) is 1. The number of rotatable bonds is 13. The Morgan fingerprint density at radius 2 is 1.48 bits per heavy atom. The molecule has 6 rings (SSSR count). The fourth-order valence-electron chi connectivity index (χ4n) is 7.91. The maximum absolute atomic E-state index is 14.8. The molecule has 4 aliphatic rings. The summed E-state index contributed by atoms with van der Waals surface area (Å²) in [5, 5.41) is 9.05. The van der Waals surface area contributed by atoms with Crippen LogP contribution in [-0.4, -0.2) is 89.7 Å². The quantitative estimate of drug-likeness (QED) is 0.229. The number of unbranched alkanes of at least 4 members (excludes halogenated alkanes) is 3. The number of likely N-dealkylation sites (tertiary alicyclic amines) is 1. The monoisotopic (exact) mass is 672 g/mol. The maximum Gasteiger partial charge on any atom is 0.251 e. The Bertz CT molecular complexity index is 1520. The summed E-state index contributed by atoms with van der Waals surface area (Å²) >= 11 is 1.61. The van der Waals surface area contributed by atoms with Crippen LogP contribution < -0.4 is 19.4 Å². The molecule has 5 atom stereocenters. The number of fused-ring (bicyclic) bond motifs is 2. The molecule has 10 heteroatoms. The second-order valence-corrected chi connectivity index (χ2v) is 14.3. The third-order valence-corrected chi connectivity index (χ3v) is 12.0. The highest BCUT2D eigenvalue weighted by Crippen LogP contribution is 2.61. The molecule has 9 nitrogen and oxygen atoms in total. The molecule has 4 aliphatic heterocycles. The number of nitrogens with zero attached hydrogens (tertiary/aromatic N) is 4. The van der Waals surface area contributed by atoms with Crippen LogP contribution in [-0.2, 0) is 14.4 Å². The van der Waals surface area contributed by atoms with E-state index in [0.717, 1.165) is 55.2 Å². The Kier molecular flexibility index (Phi) is 10.5. The molecule has 0 bridgehead atoms. The molecule has 1 unspecified atom stereocenters. The molecule has 2 aromatic carbocycles. The molecule has 256 valence electrons.